The number of amides is 3. The molecule has 3 heterocycles. The van der Waals surface area contributed by atoms with Crippen LogP contribution in [0.4, 0.5) is 9.59 Å². The number of para-hydroxylation sites is 1. The Balaban J connectivity index is 1.06. The first kappa shape index (κ1) is 39.4. The lowest BCUT2D eigenvalue weighted by molar-refractivity contribution is -0.329. The van der Waals surface area contributed by atoms with Crippen molar-refractivity contribution in [3.63, 3.8) is 0 Å². The highest BCUT2D eigenvalue weighted by Gasteiger charge is 2.47. The zero-order valence-electron chi connectivity index (χ0n) is 31.2. The van der Waals surface area contributed by atoms with Crippen LogP contribution in [0.5, 0.6) is 11.5 Å². The van der Waals surface area contributed by atoms with Crippen molar-refractivity contribution in [3.8, 4) is 11.5 Å². The summed E-state index contributed by atoms with van der Waals surface area (Å²) in [6, 6.07) is 24.6. The summed E-state index contributed by atoms with van der Waals surface area (Å²) in [5, 5.41) is 8.36. The van der Waals surface area contributed by atoms with Crippen molar-refractivity contribution in [1.29, 1.82) is 0 Å². The van der Waals surface area contributed by atoms with Crippen LogP contribution >= 0.6 is 0 Å². The molecule has 1 spiro atoms. The SMILES string of the molecule is COC(=O)[C@H](C)NC(=O)CC[C@@H]1C[C@@H](OC(=O)NCc2cccc3c2OCO3)C[C@@]2(CCC[C@H](COC(=O)NCC(c3ccccc3)c3ccccc3)O2)O1. The van der Waals surface area contributed by atoms with Crippen LogP contribution in [0.2, 0.25) is 0 Å². The zero-order chi connectivity index (χ0) is 38.6. The van der Waals surface area contributed by atoms with Crippen LogP contribution in [0.15, 0.2) is 78.9 Å². The summed E-state index contributed by atoms with van der Waals surface area (Å²) in [6.45, 7) is 2.16. The van der Waals surface area contributed by atoms with E-state index in [-0.39, 0.29) is 51.0 Å². The van der Waals surface area contributed by atoms with Gasteiger partial charge in [-0.2, -0.15) is 0 Å². The fourth-order valence-corrected chi connectivity index (χ4v) is 7.30. The number of carbonyl (C=O) groups excluding carboxylic acids is 4. The van der Waals surface area contributed by atoms with Gasteiger partial charge < -0.3 is 49.1 Å². The van der Waals surface area contributed by atoms with E-state index in [1.165, 1.54) is 7.11 Å². The number of benzene rings is 3. The summed E-state index contributed by atoms with van der Waals surface area (Å²) in [7, 11) is 1.26. The fourth-order valence-electron chi connectivity index (χ4n) is 7.30. The third-order valence-electron chi connectivity index (χ3n) is 9.97. The molecule has 3 aromatic rings. The molecule has 14 heteroatoms. The third kappa shape index (κ3) is 10.9. The lowest BCUT2D eigenvalue weighted by atomic mass is 9.90. The number of nitrogens with one attached hydrogen (secondary N) is 3. The monoisotopic (exact) mass is 759 g/mol. The minimum atomic E-state index is -1.14. The average Bonchev–Trinajstić information content (AvgIpc) is 3.69. The molecule has 5 atom stereocenters. The molecule has 3 amide bonds. The molecule has 6 rings (SSSR count). The van der Waals surface area contributed by atoms with Crippen LogP contribution in [0, 0.1) is 0 Å². The predicted molar refractivity (Wildman–Crippen MR) is 198 cm³/mol. The van der Waals surface area contributed by atoms with Gasteiger partial charge in [-0.3, -0.25) is 4.79 Å². The molecule has 0 unspecified atom stereocenters. The molecule has 0 bridgehead atoms. The maximum atomic E-state index is 13.1. The van der Waals surface area contributed by atoms with E-state index in [9.17, 15) is 19.2 Å². The van der Waals surface area contributed by atoms with Crippen molar-refractivity contribution in [1.82, 2.24) is 16.0 Å². The topological polar surface area (TPSA) is 169 Å². The lowest BCUT2D eigenvalue weighted by Crippen LogP contribution is -2.53. The Morgan fingerprint density at radius 2 is 1.60 bits per heavy atom. The standard InChI is InChI=1S/C41H49N3O11/c1-27(38(46)49-2)44-36(45)19-18-31-21-33(53-40(48)42-23-30-15-9-17-35-37(30)52-26-51-35)22-41(54-31)20-10-16-32(55-41)25-50-39(47)43-24-34(28-11-5-3-6-12-28)29-13-7-4-8-14-29/h3-9,11-15,17,27,31-34H,10,16,18-26H2,1-2H3,(H,42,48)(H,43,47)(H,44,45)/t27-,31+,32+,33+,41-/m0/s1. The Bertz CT molecular complexity index is 1720. The van der Waals surface area contributed by atoms with E-state index in [4.69, 9.17) is 33.2 Å². The van der Waals surface area contributed by atoms with Crippen molar-refractivity contribution in [3.05, 3.63) is 95.6 Å². The Hall–Kier alpha value is -5.34. The van der Waals surface area contributed by atoms with Crippen LogP contribution in [0.3, 0.4) is 0 Å². The van der Waals surface area contributed by atoms with Crippen LogP contribution in [0.25, 0.3) is 0 Å². The van der Waals surface area contributed by atoms with Crippen molar-refractivity contribution in [2.24, 2.45) is 0 Å². The van der Waals surface area contributed by atoms with Gasteiger partial charge in [-0.25, -0.2) is 14.4 Å². The normalized spacial score (nSPS) is 22.0. The van der Waals surface area contributed by atoms with Crippen molar-refractivity contribution in [2.45, 2.75) is 94.5 Å². The molecule has 0 aliphatic carbocycles. The Labute approximate surface area is 320 Å². The highest BCUT2D eigenvalue weighted by atomic mass is 16.7. The fraction of sp³-hybridized carbons (Fsp3) is 0.463. The third-order valence-corrected chi connectivity index (χ3v) is 9.97. The molecular weight excluding hydrogens is 710 g/mol. The molecule has 0 aromatic heterocycles. The second-order valence-corrected chi connectivity index (χ2v) is 14.0. The number of hydrogen-bond acceptors (Lipinski definition) is 11. The summed E-state index contributed by atoms with van der Waals surface area (Å²) >= 11 is 0. The molecule has 0 radical (unpaired) electrons. The maximum absolute atomic E-state index is 13.1. The summed E-state index contributed by atoms with van der Waals surface area (Å²) < 4.78 is 40.4. The van der Waals surface area contributed by atoms with Crippen LogP contribution in [-0.4, -0.2) is 81.3 Å². The minimum Gasteiger partial charge on any atom is -0.467 e. The molecule has 3 N–H and O–H groups in total. The Morgan fingerprint density at radius 1 is 0.873 bits per heavy atom. The summed E-state index contributed by atoms with van der Waals surface area (Å²) in [5.74, 6) is -0.902. The van der Waals surface area contributed by atoms with Crippen LogP contribution < -0.4 is 25.4 Å². The highest BCUT2D eigenvalue weighted by molar-refractivity contribution is 5.84. The molecule has 3 aromatic carbocycles. The van der Waals surface area contributed by atoms with Crippen molar-refractivity contribution in [2.75, 3.05) is 27.1 Å². The van der Waals surface area contributed by atoms with Crippen molar-refractivity contribution >= 4 is 24.1 Å². The van der Waals surface area contributed by atoms with Gasteiger partial charge in [0.1, 0.15) is 18.8 Å². The first-order chi connectivity index (χ1) is 26.7. The van der Waals surface area contributed by atoms with Gasteiger partial charge in [0.15, 0.2) is 17.3 Å². The first-order valence-corrected chi connectivity index (χ1v) is 18.8. The number of ether oxygens (including phenoxy) is 7. The van der Waals surface area contributed by atoms with Gasteiger partial charge in [0.05, 0.1) is 19.3 Å². The van der Waals surface area contributed by atoms with Gasteiger partial charge in [-0.1, -0.05) is 72.8 Å². The number of esters is 1. The van der Waals surface area contributed by atoms with E-state index in [0.717, 1.165) is 16.7 Å². The van der Waals surface area contributed by atoms with Crippen LogP contribution in [-0.2, 0) is 39.8 Å². The van der Waals surface area contributed by atoms with E-state index in [1.807, 2.05) is 72.8 Å². The van der Waals surface area contributed by atoms with Gasteiger partial charge in [0.25, 0.3) is 0 Å². The number of carbonyl (C=O) groups is 4. The van der Waals surface area contributed by atoms with E-state index < -0.39 is 48.3 Å². The number of rotatable bonds is 14. The number of fused-ring (bicyclic) bond motifs is 1. The molecular formula is C41H49N3O11. The predicted octanol–water partition coefficient (Wildman–Crippen LogP) is 5.47. The first-order valence-electron chi connectivity index (χ1n) is 18.8. The molecule has 3 aliphatic heterocycles. The summed E-state index contributed by atoms with van der Waals surface area (Å²) in [5.41, 5.74) is 2.89. The molecule has 2 saturated heterocycles. The van der Waals surface area contributed by atoms with Crippen molar-refractivity contribution < 1.29 is 52.3 Å². The molecule has 2 fully saturated rings. The van der Waals surface area contributed by atoms with Gasteiger partial charge in [-0.05, 0) is 43.4 Å². The van der Waals surface area contributed by atoms with E-state index in [1.54, 1.807) is 13.0 Å². The molecule has 55 heavy (non-hydrogen) atoms. The maximum Gasteiger partial charge on any atom is 0.407 e. The van der Waals surface area contributed by atoms with Gasteiger partial charge in [0.2, 0.25) is 12.7 Å². The average molecular weight is 760 g/mol. The Morgan fingerprint density at radius 3 is 2.33 bits per heavy atom. The summed E-state index contributed by atoms with van der Waals surface area (Å²) in [4.78, 5) is 50.7. The smallest absolute Gasteiger partial charge is 0.407 e. The molecule has 14 nitrogen and oxygen atoms in total. The quantitative estimate of drug-likeness (QED) is 0.141. The number of alkyl carbamates (subject to hydrolysis) is 2. The second kappa shape index (κ2) is 18.8. The number of methoxy groups -OCH3 is 1. The van der Waals surface area contributed by atoms with E-state index >= 15 is 0 Å². The molecule has 3 aliphatic rings. The van der Waals surface area contributed by atoms with Gasteiger partial charge >= 0.3 is 18.2 Å². The van der Waals surface area contributed by atoms with Gasteiger partial charge in [-0.15, -0.1) is 0 Å². The summed E-state index contributed by atoms with van der Waals surface area (Å²) in [6.07, 6.45) is -0.000726. The highest BCUT2D eigenvalue weighted by Crippen LogP contribution is 2.41. The largest absolute Gasteiger partial charge is 0.467 e. The second-order valence-electron chi connectivity index (χ2n) is 14.0. The molecule has 294 valence electrons. The van der Waals surface area contributed by atoms with E-state index in [2.05, 4.69) is 16.0 Å². The van der Waals surface area contributed by atoms with E-state index in [0.29, 0.717) is 43.7 Å². The van der Waals surface area contributed by atoms with Gasteiger partial charge in [0, 0.05) is 50.3 Å². The lowest BCUT2D eigenvalue weighted by Gasteiger charge is -2.47. The van der Waals surface area contributed by atoms with Crippen LogP contribution in [0.1, 0.15) is 74.5 Å². The molecule has 0 saturated carbocycles. The minimum absolute atomic E-state index is 0.00400. The Kier molecular flexibility index (Phi) is 13.5. The zero-order valence-corrected chi connectivity index (χ0v) is 31.2. The number of hydrogen-bond donors (Lipinski definition) is 3.